The first-order valence-corrected chi connectivity index (χ1v) is 8.94. The molecule has 0 bridgehead atoms. The van der Waals surface area contributed by atoms with Gasteiger partial charge in [-0.05, 0) is 42.3 Å². The summed E-state index contributed by atoms with van der Waals surface area (Å²) in [6.07, 6.45) is 1.74. The van der Waals surface area contributed by atoms with E-state index in [0.717, 1.165) is 11.3 Å². The molecule has 4 amide bonds. The molecule has 0 saturated heterocycles. The summed E-state index contributed by atoms with van der Waals surface area (Å²) in [4.78, 5) is 38.5. The van der Waals surface area contributed by atoms with Gasteiger partial charge >= 0.3 is 6.03 Å². The average Bonchev–Trinajstić information content (AvgIpc) is 3.28. The molecular formula is C19H23N7O3. The van der Waals surface area contributed by atoms with Gasteiger partial charge in [0.2, 0.25) is 5.91 Å². The number of H-pyrrole nitrogens is 1. The van der Waals surface area contributed by atoms with E-state index >= 15 is 0 Å². The number of nitrogens with two attached hydrogens (primary N) is 3. The van der Waals surface area contributed by atoms with E-state index in [4.69, 9.17) is 17.2 Å². The summed E-state index contributed by atoms with van der Waals surface area (Å²) in [7, 11) is 0. The Morgan fingerprint density at radius 1 is 1.24 bits per heavy atom. The van der Waals surface area contributed by atoms with Crippen molar-refractivity contribution in [2.24, 2.45) is 17.2 Å². The van der Waals surface area contributed by atoms with Crippen LogP contribution in [0.25, 0.3) is 11.1 Å². The number of carbonyl (C=O) groups is 3. The molecule has 1 aliphatic rings. The quantitative estimate of drug-likeness (QED) is 0.345. The van der Waals surface area contributed by atoms with Crippen LogP contribution in [-0.4, -0.2) is 35.4 Å². The van der Waals surface area contributed by atoms with Crippen molar-refractivity contribution in [3.63, 3.8) is 0 Å². The summed E-state index contributed by atoms with van der Waals surface area (Å²) in [5, 5.41) is 8.02. The number of rotatable bonds is 6. The van der Waals surface area contributed by atoms with E-state index in [0.29, 0.717) is 28.1 Å². The highest BCUT2D eigenvalue weighted by atomic mass is 16.2. The van der Waals surface area contributed by atoms with Crippen molar-refractivity contribution in [2.75, 3.05) is 17.2 Å². The second-order valence-electron chi connectivity index (χ2n) is 6.69. The number of amides is 4. The van der Waals surface area contributed by atoms with E-state index < -0.39 is 12.1 Å². The summed E-state index contributed by atoms with van der Waals surface area (Å²) in [5.74, 6) is -0.573. The van der Waals surface area contributed by atoms with Gasteiger partial charge in [-0.3, -0.25) is 9.59 Å². The Morgan fingerprint density at radius 3 is 2.69 bits per heavy atom. The Bertz CT molecular complexity index is 1010. The molecule has 1 atom stereocenters. The van der Waals surface area contributed by atoms with Gasteiger partial charge in [0.25, 0.3) is 5.91 Å². The summed E-state index contributed by atoms with van der Waals surface area (Å²) in [5.41, 5.74) is 20.7. The first-order valence-electron chi connectivity index (χ1n) is 8.94. The first kappa shape index (κ1) is 20.1. The molecule has 10 heteroatoms. The Morgan fingerprint density at radius 2 is 2.00 bits per heavy atom. The number of allylic oxidation sites excluding steroid dienone is 1. The van der Waals surface area contributed by atoms with Crippen LogP contribution in [0.4, 0.5) is 16.2 Å². The molecule has 10 N–H and O–H groups in total. The largest absolute Gasteiger partial charge is 0.361 e. The van der Waals surface area contributed by atoms with Gasteiger partial charge < -0.3 is 38.1 Å². The summed E-state index contributed by atoms with van der Waals surface area (Å²) in [6, 6.07) is 5.45. The summed E-state index contributed by atoms with van der Waals surface area (Å²) in [6.45, 7) is 2.16. The van der Waals surface area contributed by atoms with Crippen LogP contribution in [0.5, 0.6) is 0 Å². The van der Waals surface area contributed by atoms with Crippen molar-refractivity contribution in [2.45, 2.75) is 19.5 Å². The van der Waals surface area contributed by atoms with Gasteiger partial charge in [-0.25, -0.2) is 4.79 Å². The van der Waals surface area contributed by atoms with Gasteiger partial charge in [0.1, 0.15) is 0 Å². The molecule has 1 aromatic carbocycles. The van der Waals surface area contributed by atoms with Crippen molar-refractivity contribution in [1.82, 2.24) is 10.3 Å². The predicted molar refractivity (Wildman–Crippen MR) is 110 cm³/mol. The van der Waals surface area contributed by atoms with Gasteiger partial charge in [0.05, 0.1) is 11.6 Å². The molecule has 0 aliphatic carbocycles. The van der Waals surface area contributed by atoms with Crippen LogP contribution in [0.1, 0.15) is 23.7 Å². The fraction of sp³-hybridized carbons (Fsp3) is 0.211. The van der Waals surface area contributed by atoms with E-state index in [1.54, 1.807) is 24.4 Å². The lowest BCUT2D eigenvalue weighted by Gasteiger charge is -2.08. The van der Waals surface area contributed by atoms with Crippen molar-refractivity contribution in [3.8, 4) is 0 Å². The molecule has 0 radical (unpaired) electrons. The number of fused-ring (bicyclic) bond motifs is 1. The minimum Gasteiger partial charge on any atom is -0.361 e. The van der Waals surface area contributed by atoms with Crippen LogP contribution >= 0.6 is 0 Å². The Hall–Kier alpha value is -3.63. The number of aromatic nitrogens is 1. The molecule has 0 fully saturated rings. The topological polar surface area (TPSA) is 181 Å². The maximum absolute atomic E-state index is 12.5. The third-order valence-electron chi connectivity index (χ3n) is 4.61. The molecule has 0 saturated carbocycles. The van der Waals surface area contributed by atoms with E-state index in [1.807, 2.05) is 13.0 Å². The Labute approximate surface area is 166 Å². The highest BCUT2D eigenvalue weighted by Gasteiger charge is 2.27. The van der Waals surface area contributed by atoms with Gasteiger partial charge in [0, 0.05) is 41.9 Å². The molecular weight excluding hydrogens is 374 g/mol. The van der Waals surface area contributed by atoms with Crippen molar-refractivity contribution >= 4 is 40.4 Å². The molecule has 1 aliphatic heterocycles. The molecule has 1 unspecified atom stereocenters. The van der Waals surface area contributed by atoms with E-state index in [-0.39, 0.29) is 24.9 Å². The molecule has 1 aromatic heterocycles. The van der Waals surface area contributed by atoms with Crippen molar-refractivity contribution in [3.05, 3.63) is 47.3 Å². The number of aromatic amines is 1. The standard InChI is InChI=1S/C19H23N7O3/c1-9(15-4-10(7-23-15)8-24-17(27)13(21)6-20)16-12-5-11(25-19(22)29)2-3-14(12)26-18(16)28/h2-5,7,13,23H,6,8,20-21H2,1H3,(H,24,27)(H,26,28)(H3,22,25,29)/b16-9-. The SMILES string of the molecule is C/C(=C1/C(=O)Nc2ccc(NC(N)=O)cc21)c1cc(CNC(=O)C(N)CN)c[nH]1. The summed E-state index contributed by atoms with van der Waals surface area (Å²) < 4.78 is 0. The Balaban J connectivity index is 1.85. The average molecular weight is 397 g/mol. The van der Waals surface area contributed by atoms with Crippen LogP contribution < -0.4 is 33.2 Å². The molecule has 3 rings (SSSR count). The fourth-order valence-electron chi connectivity index (χ4n) is 3.08. The monoisotopic (exact) mass is 397 g/mol. The third kappa shape index (κ3) is 4.28. The number of benzene rings is 1. The normalized spacial score (nSPS) is 15.3. The molecule has 29 heavy (non-hydrogen) atoms. The smallest absolute Gasteiger partial charge is 0.316 e. The lowest BCUT2D eigenvalue weighted by atomic mass is 9.99. The zero-order chi connectivity index (χ0) is 21.1. The summed E-state index contributed by atoms with van der Waals surface area (Å²) >= 11 is 0. The molecule has 152 valence electrons. The highest BCUT2D eigenvalue weighted by Crippen LogP contribution is 2.38. The number of hydrogen-bond donors (Lipinski definition) is 7. The number of carbonyl (C=O) groups excluding carboxylic acids is 3. The highest BCUT2D eigenvalue weighted by molar-refractivity contribution is 6.36. The number of nitrogens with one attached hydrogen (secondary N) is 4. The van der Waals surface area contributed by atoms with E-state index in [2.05, 4.69) is 20.9 Å². The minimum absolute atomic E-state index is 0.0660. The maximum atomic E-state index is 12.5. The van der Waals surface area contributed by atoms with Gasteiger partial charge in [-0.15, -0.1) is 0 Å². The third-order valence-corrected chi connectivity index (χ3v) is 4.61. The van der Waals surface area contributed by atoms with E-state index in [1.165, 1.54) is 0 Å². The van der Waals surface area contributed by atoms with Gasteiger partial charge in [0.15, 0.2) is 0 Å². The van der Waals surface area contributed by atoms with Gasteiger partial charge in [-0.2, -0.15) is 0 Å². The minimum atomic E-state index is -0.751. The molecule has 0 spiro atoms. The predicted octanol–water partition coefficient (Wildman–Crippen LogP) is 0.290. The maximum Gasteiger partial charge on any atom is 0.316 e. The number of anilines is 2. The van der Waals surface area contributed by atoms with Crippen molar-refractivity contribution < 1.29 is 14.4 Å². The molecule has 10 nitrogen and oxygen atoms in total. The van der Waals surface area contributed by atoms with Crippen LogP contribution in [0, 0.1) is 0 Å². The van der Waals surface area contributed by atoms with Crippen LogP contribution in [-0.2, 0) is 16.1 Å². The molecule has 2 aromatic rings. The van der Waals surface area contributed by atoms with Crippen LogP contribution in [0.15, 0.2) is 30.5 Å². The number of hydrogen-bond acceptors (Lipinski definition) is 5. The second kappa shape index (κ2) is 8.17. The van der Waals surface area contributed by atoms with E-state index in [9.17, 15) is 14.4 Å². The lowest BCUT2D eigenvalue weighted by Crippen LogP contribution is -2.44. The van der Waals surface area contributed by atoms with Gasteiger partial charge in [-0.1, -0.05) is 0 Å². The fourth-order valence-corrected chi connectivity index (χ4v) is 3.08. The van der Waals surface area contributed by atoms with Crippen LogP contribution in [0.2, 0.25) is 0 Å². The zero-order valence-electron chi connectivity index (χ0n) is 15.8. The number of primary amides is 1. The molecule has 2 heterocycles. The Kier molecular flexibility index (Phi) is 5.66. The lowest BCUT2D eigenvalue weighted by molar-refractivity contribution is -0.122. The van der Waals surface area contributed by atoms with Crippen LogP contribution in [0.3, 0.4) is 0 Å². The zero-order valence-corrected chi connectivity index (χ0v) is 15.8. The van der Waals surface area contributed by atoms with Crippen molar-refractivity contribution in [1.29, 1.82) is 0 Å². The second-order valence-corrected chi connectivity index (χ2v) is 6.69. The number of urea groups is 1. The first-order chi connectivity index (χ1) is 13.8.